The van der Waals surface area contributed by atoms with Crippen molar-refractivity contribution in [2.75, 3.05) is 19.7 Å². The molecule has 0 spiro atoms. The van der Waals surface area contributed by atoms with Crippen molar-refractivity contribution >= 4 is 5.91 Å². The Morgan fingerprint density at radius 1 is 1.50 bits per heavy atom. The molecule has 2 aliphatic rings. The van der Waals surface area contributed by atoms with Gasteiger partial charge in [-0.05, 0) is 13.8 Å². The van der Waals surface area contributed by atoms with E-state index in [1.54, 1.807) is 4.90 Å². The minimum absolute atomic E-state index is 0.0425. The van der Waals surface area contributed by atoms with Crippen LogP contribution < -0.4 is 0 Å². The topological polar surface area (TPSA) is 78.5 Å². The molecule has 0 aromatic carbocycles. The lowest BCUT2D eigenvalue weighted by molar-refractivity contribution is -0.00717. The number of carbonyl (C=O) groups excluding carboxylic acids is 1. The maximum absolute atomic E-state index is 14.0. The summed E-state index contributed by atoms with van der Waals surface area (Å²) < 4.78 is 19.7. The summed E-state index contributed by atoms with van der Waals surface area (Å²) in [5, 5.41) is 16.1. The van der Waals surface area contributed by atoms with Gasteiger partial charge in [0, 0.05) is 37.9 Å². The standard InChI is InChI=1S/C15H22FN3O3/c1-9-7-11-12(10(2)22-9)17-18-13(11)14(21)19-5-3-15(16,8-20)4-6-19/h9-10,20H,3-8H2,1-2H3,(H,17,18)/t9-,10+/m1/s1. The monoisotopic (exact) mass is 311 g/mol. The van der Waals surface area contributed by atoms with Crippen LogP contribution in [0.25, 0.3) is 0 Å². The number of nitrogens with one attached hydrogen (secondary N) is 1. The zero-order valence-electron chi connectivity index (χ0n) is 12.9. The van der Waals surface area contributed by atoms with E-state index in [0.29, 0.717) is 25.2 Å². The van der Waals surface area contributed by atoms with Gasteiger partial charge < -0.3 is 14.7 Å². The Morgan fingerprint density at radius 2 is 2.18 bits per heavy atom. The quantitative estimate of drug-likeness (QED) is 0.864. The maximum Gasteiger partial charge on any atom is 0.274 e. The largest absolute Gasteiger partial charge is 0.393 e. The Kier molecular flexibility index (Phi) is 3.94. The molecule has 6 nitrogen and oxygen atoms in total. The summed E-state index contributed by atoms with van der Waals surface area (Å²) in [5.41, 5.74) is 0.634. The maximum atomic E-state index is 14.0. The van der Waals surface area contributed by atoms with Gasteiger partial charge >= 0.3 is 0 Å². The predicted molar refractivity (Wildman–Crippen MR) is 77.3 cm³/mol. The number of aliphatic hydroxyl groups excluding tert-OH is 1. The van der Waals surface area contributed by atoms with Gasteiger partial charge in [0.15, 0.2) is 5.69 Å². The first-order valence-corrected chi connectivity index (χ1v) is 7.75. The normalized spacial score (nSPS) is 27.5. The van der Waals surface area contributed by atoms with Crippen LogP contribution in [0, 0.1) is 0 Å². The minimum atomic E-state index is -1.56. The average molecular weight is 311 g/mol. The number of nitrogens with zero attached hydrogens (tertiary/aromatic N) is 2. The highest BCUT2D eigenvalue weighted by atomic mass is 19.1. The van der Waals surface area contributed by atoms with E-state index >= 15 is 0 Å². The molecule has 2 N–H and O–H groups in total. The number of aliphatic hydroxyl groups is 1. The fourth-order valence-electron chi connectivity index (χ4n) is 3.27. The van der Waals surface area contributed by atoms with Crippen molar-refractivity contribution in [3.05, 3.63) is 17.0 Å². The van der Waals surface area contributed by atoms with Crippen LogP contribution >= 0.6 is 0 Å². The van der Waals surface area contributed by atoms with Crippen LogP contribution in [-0.2, 0) is 11.2 Å². The van der Waals surface area contributed by atoms with Crippen molar-refractivity contribution in [2.45, 2.75) is 51.0 Å². The SMILES string of the molecule is C[C@@H]1Cc2c(C(=O)N3CCC(F)(CO)CC3)n[nH]c2[C@H](C)O1. The number of hydrogen-bond donors (Lipinski definition) is 2. The second-order valence-electron chi connectivity index (χ2n) is 6.36. The van der Waals surface area contributed by atoms with Gasteiger partial charge in [0.05, 0.1) is 24.5 Å². The molecule has 1 aromatic heterocycles. The molecule has 3 rings (SSSR count). The lowest BCUT2D eigenvalue weighted by atomic mass is 9.93. The number of carbonyl (C=O) groups is 1. The molecule has 0 aliphatic carbocycles. The van der Waals surface area contributed by atoms with E-state index in [2.05, 4.69) is 10.2 Å². The fourth-order valence-corrected chi connectivity index (χ4v) is 3.27. The highest BCUT2D eigenvalue weighted by Crippen LogP contribution is 2.32. The number of alkyl halides is 1. The van der Waals surface area contributed by atoms with Crippen LogP contribution in [0.5, 0.6) is 0 Å². The zero-order valence-corrected chi connectivity index (χ0v) is 12.9. The Balaban J connectivity index is 1.77. The first-order chi connectivity index (χ1) is 10.4. The van der Waals surface area contributed by atoms with Gasteiger partial charge in [0.25, 0.3) is 5.91 Å². The molecule has 22 heavy (non-hydrogen) atoms. The molecule has 2 aliphatic heterocycles. The highest BCUT2D eigenvalue weighted by Gasteiger charge is 2.37. The van der Waals surface area contributed by atoms with Crippen LogP contribution in [0.1, 0.15) is 54.5 Å². The van der Waals surface area contributed by atoms with Crippen LogP contribution in [0.3, 0.4) is 0 Å². The molecule has 1 aromatic rings. The molecule has 1 amide bonds. The zero-order chi connectivity index (χ0) is 15.9. The van der Waals surface area contributed by atoms with Gasteiger partial charge in [-0.25, -0.2) is 4.39 Å². The summed E-state index contributed by atoms with van der Waals surface area (Å²) >= 11 is 0. The Hall–Kier alpha value is -1.47. The van der Waals surface area contributed by atoms with Crippen molar-refractivity contribution in [3.63, 3.8) is 0 Å². The van der Waals surface area contributed by atoms with Gasteiger partial charge in [-0.3, -0.25) is 9.89 Å². The number of aromatic nitrogens is 2. The van der Waals surface area contributed by atoms with E-state index in [4.69, 9.17) is 9.84 Å². The molecular weight excluding hydrogens is 289 g/mol. The molecule has 1 saturated heterocycles. The molecule has 122 valence electrons. The molecule has 7 heteroatoms. The second kappa shape index (κ2) is 5.62. The smallest absolute Gasteiger partial charge is 0.274 e. The summed E-state index contributed by atoms with van der Waals surface area (Å²) in [6.45, 7) is 4.03. The number of ether oxygens (including phenoxy) is 1. The number of halogens is 1. The van der Waals surface area contributed by atoms with Gasteiger partial charge in [-0.2, -0.15) is 5.10 Å². The third-order valence-electron chi connectivity index (χ3n) is 4.67. The summed E-state index contributed by atoms with van der Waals surface area (Å²) in [6.07, 6.45) is 0.910. The van der Waals surface area contributed by atoms with Gasteiger partial charge in [-0.15, -0.1) is 0 Å². The number of likely N-dealkylation sites (tertiary alicyclic amines) is 1. The van der Waals surface area contributed by atoms with E-state index in [0.717, 1.165) is 11.3 Å². The molecule has 0 saturated carbocycles. The number of amides is 1. The molecule has 0 unspecified atom stereocenters. The Labute approximate surface area is 128 Å². The van der Waals surface area contributed by atoms with Gasteiger partial charge in [0.2, 0.25) is 0 Å². The fraction of sp³-hybridized carbons (Fsp3) is 0.733. The van der Waals surface area contributed by atoms with E-state index in [9.17, 15) is 9.18 Å². The summed E-state index contributed by atoms with van der Waals surface area (Å²) in [6, 6.07) is 0. The summed E-state index contributed by atoms with van der Waals surface area (Å²) in [4.78, 5) is 14.3. The van der Waals surface area contributed by atoms with Crippen LogP contribution in [0.2, 0.25) is 0 Å². The number of aromatic amines is 1. The minimum Gasteiger partial charge on any atom is -0.393 e. The number of piperidine rings is 1. The lowest BCUT2D eigenvalue weighted by Gasteiger charge is -2.35. The van der Waals surface area contributed by atoms with Crippen molar-refractivity contribution in [2.24, 2.45) is 0 Å². The second-order valence-corrected chi connectivity index (χ2v) is 6.36. The van der Waals surface area contributed by atoms with Crippen LogP contribution in [0.4, 0.5) is 4.39 Å². The van der Waals surface area contributed by atoms with Crippen LogP contribution in [0.15, 0.2) is 0 Å². The first kappa shape index (κ1) is 15.4. The molecule has 3 heterocycles. The van der Waals surface area contributed by atoms with Gasteiger partial charge in [0.1, 0.15) is 5.67 Å². The molecule has 0 bridgehead atoms. The number of hydrogen-bond acceptors (Lipinski definition) is 4. The van der Waals surface area contributed by atoms with Crippen molar-refractivity contribution in [1.29, 1.82) is 0 Å². The first-order valence-electron chi connectivity index (χ1n) is 7.75. The third-order valence-corrected chi connectivity index (χ3v) is 4.67. The van der Waals surface area contributed by atoms with E-state index in [1.807, 2.05) is 13.8 Å². The molecule has 2 atom stereocenters. The third kappa shape index (κ3) is 2.63. The molecule has 0 radical (unpaired) electrons. The number of rotatable bonds is 2. The average Bonchev–Trinajstić information content (AvgIpc) is 2.91. The summed E-state index contributed by atoms with van der Waals surface area (Å²) in [7, 11) is 0. The van der Waals surface area contributed by atoms with Crippen molar-refractivity contribution < 1.29 is 19.0 Å². The highest BCUT2D eigenvalue weighted by molar-refractivity contribution is 5.94. The van der Waals surface area contributed by atoms with Crippen molar-refractivity contribution in [1.82, 2.24) is 15.1 Å². The Bertz CT molecular complexity index is 566. The number of H-pyrrole nitrogens is 1. The molecule has 1 fully saturated rings. The molecular formula is C15H22FN3O3. The van der Waals surface area contributed by atoms with E-state index in [1.165, 1.54) is 0 Å². The van der Waals surface area contributed by atoms with Gasteiger partial charge in [-0.1, -0.05) is 0 Å². The van der Waals surface area contributed by atoms with Crippen molar-refractivity contribution in [3.8, 4) is 0 Å². The summed E-state index contributed by atoms with van der Waals surface area (Å²) in [5.74, 6) is -0.168. The van der Waals surface area contributed by atoms with E-state index < -0.39 is 12.3 Å². The van der Waals surface area contributed by atoms with E-state index in [-0.39, 0.29) is 31.0 Å². The number of fused-ring (bicyclic) bond motifs is 1. The predicted octanol–water partition coefficient (Wildman–Crippen LogP) is 1.37. The lowest BCUT2D eigenvalue weighted by Crippen LogP contribution is -2.46. The van der Waals surface area contributed by atoms with Crippen LogP contribution in [-0.4, -0.2) is 57.6 Å². The Morgan fingerprint density at radius 3 is 2.82 bits per heavy atom.